The highest BCUT2D eigenvalue weighted by Crippen LogP contribution is 2.54. The lowest BCUT2D eigenvalue weighted by Gasteiger charge is -2.37. The van der Waals surface area contributed by atoms with Crippen LogP contribution in [0.2, 0.25) is 0 Å². The number of amides is 4. The van der Waals surface area contributed by atoms with Gasteiger partial charge in [-0.1, -0.05) is 72.8 Å². The first-order chi connectivity index (χ1) is 27.4. The highest BCUT2D eigenvalue weighted by atomic mass is 16.2. The number of urea groups is 2. The number of carbonyl (C=O) groups excluding carboxylic acids is 2. The molecule has 4 heterocycles. The SMILES string of the molecule is NC(=O)N(CCc1cccc(CCN(C(N)=O)C2CCC(CCN3[C@@H]4CC[C@H]3c3ccccc34)CC2)c1)C1CCC(CCN2[C@@H]3CC[C@H]2c2ccccc23)CC1. The number of rotatable bonds is 14. The molecule has 2 aliphatic carbocycles. The highest BCUT2D eigenvalue weighted by Gasteiger charge is 2.44. The lowest BCUT2D eigenvalue weighted by molar-refractivity contribution is 0.139. The summed E-state index contributed by atoms with van der Waals surface area (Å²) in [5.74, 6) is 1.45. The summed E-state index contributed by atoms with van der Waals surface area (Å²) in [6.07, 6.45) is 18.1. The van der Waals surface area contributed by atoms with Crippen LogP contribution < -0.4 is 11.5 Å². The second-order valence-corrected chi connectivity index (χ2v) is 18.3. The summed E-state index contributed by atoms with van der Waals surface area (Å²) in [6, 6.07) is 29.2. The second kappa shape index (κ2) is 16.5. The number of fused-ring (bicyclic) bond motifs is 10. The molecule has 56 heavy (non-hydrogen) atoms. The minimum absolute atomic E-state index is 0.228. The maximum Gasteiger partial charge on any atom is 0.315 e. The third-order valence-corrected chi connectivity index (χ3v) is 15.4. The van der Waals surface area contributed by atoms with Crippen molar-refractivity contribution >= 4 is 12.1 Å². The fraction of sp³-hybridized carbons (Fsp3) is 0.583. The van der Waals surface area contributed by atoms with Crippen molar-refractivity contribution in [3.8, 4) is 0 Å². The molecule has 0 aromatic heterocycles. The van der Waals surface area contributed by atoms with E-state index in [1.165, 1.54) is 88.4 Å². The fourth-order valence-electron chi connectivity index (χ4n) is 12.5. The normalized spacial score (nSPS) is 29.3. The van der Waals surface area contributed by atoms with E-state index in [1.54, 1.807) is 22.3 Å². The molecule has 9 rings (SSSR count). The number of carbonyl (C=O) groups is 2. The number of nitrogens with two attached hydrogens (primary N) is 2. The summed E-state index contributed by atoms with van der Waals surface area (Å²) in [5.41, 5.74) is 20.7. The Balaban J connectivity index is 0.708. The molecule has 2 saturated carbocycles. The van der Waals surface area contributed by atoms with Crippen LogP contribution in [0.5, 0.6) is 0 Å². The average molecular weight is 757 g/mol. The van der Waals surface area contributed by atoms with E-state index in [1.807, 2.05) is 9.80 Å². The van der Waals surface area contributed by atoms with Crippen LogP contribution in [0.3, 0.4) is 0 Å². The van der Waals surface area contributed by atoms with Crippen LogP contribution in [0.15, 0.2) is 72.8 Å². The summed E-state index contributed by atoms with van der Waals surface area (Å²) in [7, 11) is 0. The molecule has 4 fully saturated rings. The minimum atomic E-state index is -0.295. The zero-order chi connectivity index (χ0) is 38.2. The molecule has 4 atom stereocenters. The van der Waals surface area contributed by atoms with Crippen molar-refractivity contribution in [1.29, 1.82) is 0 Å². The van der Waals surface area contributed by atoms with Crippen molar-refractivity contribution < 1.29 is 9.59 Å². The van der Waals surface area contributed by atoms with E-state index in [9.17, 15) is 9.59 Å². The molecule has 3 aromatic rings. The number of hydrogen-bond donors (Lipinski definition) is 2. The van der Waals surface area contributed by atoms with Gasteiger partial charge in [-0.05, 0) is 161 Å². The minimum Gasteiger partial charge on any atom is -0.351 e. The molecule has 8 heteroatoms. The second-order valence-electron chi connectivity index (χ2n) is 18.3. The van der Waals surface area contributed by atoms with Crippen molar-refractivity contribution in [2.75, 3.05) is 26.2 Å². The van der Waals surface area contributed by atoms with Crippen LogP contribution in [-0.2, 0) is 12.8 Å². The first-order valence-corrected chi connectivity index (χ1v) is 22.3. The number of nitrogens with zero attached hydrogens (tertiary/aromatic N) is 4. The Hall–Kier alpha value is -3.88. The van der Waals surface area contributed by atoms with Gasteiger partial charge < -0.3 is 21.3 Å². The predicted molar refractivity (Wildman–Crippen MR) is 223 cm³/mol. The third-order valence-electron chi connectivity index (χ3n) is 15.4. The van der Waals surface area contributed by atoms with Gasteiger partial charge in [0.25, 0.3) is 0 Å². The molecule has 8 nitrogen and oxygen atoms in total. The zero-order valence-corrected chi connectivity index (χ0v) is 33.4. The molecule has 4 aliphatic heterocycles. The van der Waals surface area contributed by atoms with Crippen molar-refractivity contribution in [2.45, 2.75) is 139 Å². The van der Waals surface area contributed by atoms with Crippen LogP contribution in [0.4, 0.5) is 9.59 Å². The lowest BCUT2D eigenvalue weighted by atomic mass is 9.83. The maximum absolute atomic E-state index is 12.7. The molecule has 3 aromatic carbocycles. The van der Waals surface area contributed by atoms with Crippen molar-refractivity contribution in [1.82, 2.24) is 19.6 Å². The van der Waals surface area contributed by atoms with Gasteiger partial charge in [0, 0.05) is 49.3 Å². The van der Waals surface area contributed by atoms with E-state index < -0.39 is 0 Å². The van der Waals surface area contributed by atoms with E-state index in [4.69, 9.17) is 11.5 Å². The van der Waals surface area contributed by atoms with Gasteiger partial charge in [-0.25, -0.2) is 9.59 Å². The smallest absolute Gasteiger partial charge is 0.315 e. The molecular weight excluding hydrogens is 693 g/mol. The molecule has 2 saturated heterocycles. The van der Waals surface area contributed by atoms with E-state index in [0.717, 1.165) is 50.4 Å². The quantitative estimate of drug-likeness (QED) is 0.171. The Morgan fingerprint density at radius 1 is 0.500 bits per heavy atom. The monoisotopic (exact) mass is 757 g/mol. The van der Waals surface area contributed by atoms with Gasteiger partial charge in [-0.2, -0.15) is 0 Å². The van der Waals surface area contributed by atoms with Gasteiger partial charge in [0.05, 0.1) is 0 Å². The highest BCUT2D eigenvalue weighted by molar-refractivity contribution is 5.73. The summed E-state index contributed by atoms with van der Waals surface area (Å²) in [4.78, 5) is 34.9. The van der Waals surface area contributed by atoms with Crippen LogP contribution >= 0.6 is 0 Å². The lowest BCUT2D eigenvalue weighted by Crippen LogP contribution is -2.46. The summed E-state index contributed by atoms with van der Waals surface area (Å²) >= 11 is 0. The molecule has 0 unspecified atom stereocenters. The van der Waals surface area contributed by atoms with Crippen LogP contribution in [-0.4, -0.2) is 69.9 Å². The Labute approximate surface area is 335 Å². The average Bonchev–Trinajstić information content (AvgIpc) is 3.99. The molecule has 4 N–H and O–H groups in total. The predicted octanol–water partition coefficient (Wildman–Crippen LogP) is 9.21. The van der Waals surface area contributed by atoms with Gasteiger partial charge >= 0.3 is 12.1 Å². The molecule has 6 aliphatic rings. The van der Waals surface area contributed by atoms with Gasteiger partial charge in [0.2, 0.25) is 0 Å². The first kappa shape index (κ1) is 37.7. The van der Waals surface area contributed by atoms with E-state index in [-0.39, 0.29) is 24.1 Å². The first-order valence-electron chi connectivity index (χ1n) is 22.3. The van der Waals surface area contributed by atoms with Crippen LogP contribution in [0.1, 0.15) is 147 Å². The largest absolute Gasteiger partial charge is 0.351 e. The van der Waals surface area contributed by atoms with Crippen molar-refractivity contribution in [3.05, 3.63) is 106 Å². The van der Waals surface area contributed by atoms with Crippen LogP contribution in [0.25, 0.3) is 0 Å². The van der Waals surface area contributed by atoms with E-state index in [2.05, 4.69) is 82.6 Å². The van der Waals surface area contributed by atoms with Crippen molar-refractivity contribution in [3.63, 3.8) is 0 Å². The van der Waals surface area contributed by atoms with Gasteiger partial charge in [-0.3, -0.25) is 9.80 Å². The molecular formula is C48H64N6O2. The molecule has 0 radical (unpaired) electrons. The standard InChI is InChI=1S/C48H64N6O2/c49-47(55)51(37-16-12-33(13-17-37)24-30-53-43-20-21-44(53)40-9-2-1-8-39(40)43)28-26-35-6-5-7-36(32-35)27-29-52(48(50)56)38-18-14-34(15-19-38)25-31-54-45-22-23-46(54)42-11-4-3-10-41(42)45/h1-11,32-34,37-38,43-46H,12-31H2,(H2,49,55)(H2,50,56)/t33?,34?,37?,38?,43-,44+,45-,46+. The van der Waals surface area contributed by atoms with Gasteiger partial charge in [-0.15, -0.1) is 0 Å². The van der Waals surface area contributed by atoms with E-state index in [0.29, 0.717) is 37.3 Å². The van der Waals surface area contributed by atoms with E-state index >= 15 is 0 Å². The van der Waals surface area contributed by atoms with Crippen LogP contribution in [0, 0.1) is 11.8 Å². The molecule has 0 spiro atoms. The maximum atomic E-state index is 12.7. The summed E-state index contributed by atoms with van der Waals surface area (Å²) in [5, 5.41) is 0. The molecule has 4 amide bonds. The third kappa shape index (κ3) is 7.60. The molecule has 4 bridgehead atoms. The topological polar surface area (TPSA) is 99.1 Å². The Bertz CT molecular complexity index is 1660. The number of primary amides is 2. The Morgan fingerprint density at radius 3 is 1.20 bits per heavy atom. The summed E-state index contributed by atoms with van der Waals surface area (Å²) < 4.78 is 0. The van der Waals surface area contributed by atoms with Crippen molar-refractivity contribution in [2.24, 2.45) is 23.3 Å². The molecule has 298 valence electrons. The fourth-order valence-corrected chi connectivity index (χ4v) is 12.5. The summed E-state index contributed by atoms with van der Waals surface area (Å²) in [6.45, 7) is 3.66. The number of hydrogen-bond acceptors (Lipinski definition) is 4. The van der Waals surface area contributed by atoms with Gasteiger partial charge in [0.1, 0.15) is 0 Å². The Kier molecular flexibility index (Phi) is 11.1. The number of benzene rings is 3. The zero-order valence-electron chi connectivity index (χ0n) is 33.4. The van der Waals surface area contributed by atoms with Gasteiger partial charge in [0.15, 0.2) is 0 Å². The Morgan fingerprint density at radius 2 is 0.857 bits per heavy atom.